The zero-order valence-electron chi connectivity index (χ0n) is 14.8. The van der Waals surface area contributed by atoms with Crippen LogP contribution in [0.15, 0.2) is 69.2 Å². The maximum Gasteiger partial charge on any atom is 0.337 e. The molecular formula is C20H18Br2N2O3. The van der Waals surface area contributed by atoms with Gasteiger partial charge in [-0.15, -0.1) is 0 Å². The van der Waals surface area contributed by atoms with Gasteiger partial charge in [-0.05, 0) is 60.1 Å². The van der Waals surface area contributed by atoms with Gasteiger partial charge in [0.25, 0.3) is 5.91 Å². The quantitative estimate of drug-likeness (QED) is 0.605. The second-order valence-corrected chi connectivity index (χ2v) is 7.80. The van der Waals surface area contributed by atoms with Gasteiger partial charge in [-0.2, -0.15) is 0 Å². The highest BCUT2D eigenvalue weighted by atomic mass is 79.9. The van der Waals surface area contributed by atoms with Crippen LogP contribution in [0, 0.1) is 0 Å². The summed E-state index contributed by atoms with van der Waals surface area (Å²) in [4.78, 5) is 27.6. The summed E-state index contributed by atoms with van der Waals surface area (Å²) in [5.41, 5.74) is 0.335. The molecule has 7 heteroatoms. The van der Waals surface area contributed by atoms with E-state index in [0.29, 0.717) is 15.9 Å². The Morgan fingerprint density at radius 2 is 1.85 bits per heavy atom. The molecular weight excluding hydrogens is 476 g/mol. The summed E-state index contributed by atoms with van der Waals surface area (Å²) < 4.78 is 6.59. The average molecular weight is 494 g/mol. The first-order valence-corrected chi connectivity index (χ1v) is 9.97. The molecule has 0 aliphatic carbocycles. The molecule has 27 heavy (non-hydrogen) atoms. The van der Waals surface area contributed by atoms with Crippen LogP contribution in [-0.2, 0) is 14.3 Å². The van der Waals surface area contributed by atoms with Gasteiger partial charge in [0.2, 0.25) is 0 Å². The number of rotatable bonds is 5. The Morgan fingerprint density at radius 3 is 2.48 bits per heavy atom. The highest BCUT2D eigenvalue weighted by molar-refractivity contribution is 9.12. The molecule has 140 valence electrons. The Labute approximate surface area is 174 Å². The van der Waals surface area contributed by atoms with Gasteiger partial charge in [0.05, 0.1) is 11.1 Å². The van der Waals surface area contributed by atoms with Gasteiger partial charge in [0.15, 0.2) is 5.54 Å². The molecule has 0 saturated heterocycles. The van der Waals surface area contributed by atoms with Gasteiger partial charge in [0.1, 0.15) is 5.70 Å². The van der Waals surface area contributed by atoms with Gasteiger partial charge in [-0.1, -0.05) is 40.2 Å². The van der Waals surface area contributed by atoms with Crippen molar-refractivity contribution in [3.8, 4) is 0 Å². The van der Waals surface area contributed by atoms with Gasteiger partial charge < -0.3 is 10.1 Å². The minimum atomic E-state index is -1.30. The average Bonchev–Trinajstić information content (AvgIpc) is 2.84. The van der Waals surface area contributed by atoms with Gasteiger partial charge in [-0.25, -0.2) is 4.79 Å². The molecule has 0 spiro atoms. The summed E-state index contributed by atoms with van der Waals surface area (Å²) in [6.07, 6.45) is 0. The van der Waals surface area contributed by atoms with Crippen molar-refractivity contribution in [3.63, 3.8) is 0 Å². The third-order valence-electron chi connectivity index (χ3n) is 4.29. The number of carbonyl (C=O) groups excluding carboxylic acids is 2. The first kappa shape index (κ1) is 19.6. The van der Waals surface area contributed by atoms with Crippen LogP contribution < -0.4 is 10.2 Å². The largest absolute Gasteiger partial charge is 0.464 e. The van der Waals surface area contributed by atoms with Gasteiger partial charge in [-0.3, -0.25) is 9.69 Å². The third kappa shape index (κ3) is 3.53. The summed E-state index contributed by atoms with van der Waals surface area (Å²) in [6.45, 7) is 3.64. The van der Waals surface area contributed by atoms with E-state index in [1.54, 1.807) is 26.0 Å². The minimum absolute atomic E-state index is 0.222. The molecule has 2 aromatic rings. The summed E-state index contributed by atoms with van der Waals surface area (Å²) in [6, 6.07) is 16.5. The number of ether oxygens (including phenoxy) is 1. The number of esters is 1. The predicted molar refractivity (Wildman–Crippen MR) is 113 cm³/mol. The van der Waals surface area contributed by atoms with Crippen LogP contribution in [0.2, 0.25) is 0 Å². The SMILES string of the molecule is CCOC(=O)[C@@]1(C)C(Br)=C(Nc2cccc(Br)c2)C(=O)N1c1ccccc1. The molecule has 0 bridgehead atoms. The number of anilines is 2. The van der Waals surface area contributed by atoms with Crippen LogP contribution in [0.5, 0.6) is 0 Å². The van der Waals surface area contributed by atoms with E-state index in [2.05, 4.69) is 37.2 Å². The zero-order valence-corrected chi connectivity index (χ0v) is 18.0. The molecule has 1 heterocycles. The van der Waals surface area contributed by atoms with Crippen LogP contribution in [0.25, 0.3) is 0 Å². The molecule has 3 rings (SSSR count). The van der Waals surface area contributed by atoms with Gasteiger partial charge >= 0.3 is 5.97 Å². The van der Waals surface area contributed by atoms with E-state index in [-0.39, 0.29) is 12.5 Å². The fourth-order valence-electron chi connectivity index (χ4n) is 2.97. The number of halogens is 2. The topological polar surface area (TPSA) is 58.6 Å². The summed E-state index contributed by atoms with van der Waals surface area (Å²) in [5.74, 6) is -0.816. The molecule has 1 atom stereocenters. The molecule has 1 aliphatic rings. The number of amides is 1. The van der Waals surface area contributed by atoms with Crippen molar-refractivity contribution >= 4 is 55.1 Å². The van der Waals surface area contributed by atoms with E-state index in [4.69, 9.17) is 4.74 Å². The monoisotopic (exact) mass is 492 g/mol. The number of nitrogens with one attached hydrogen (secondary N) is 1. The van der Waals surface area contributed by atoms with Crippen LogP contribution in [0.1, 0.15) is 13.8 Å². The van der Waals surface area contributed by atoms with Crippen molar-refractivity contribution in [3.05, 3.63) is 69.2 Å². The lowest BCUT2D eigenvalue weighted by molar-refractivity contribution is -0.147. The lowest BCUT2D eigenvalue weighted by Gasteiger charge is -2.33. The van der Waals surface area contributed by atoms with E-state index in [0.717, 1.165) is 10.2 Å². The van der Waals surface area contributed by atoms with Crippen molar-refractivity contribution in [2.75, 3.05) is 16.8 Å². The van der Waals surface area contributed by atoms with Crippen molar-refractivity contribution in [1.29, 1.82) is 0 Å². The second-order valence-electron chi connectivity index (χ2n) is 6.09. The minimum Gasteiger partial charge on any atom is -0.464 e. The highest BCUT2D eigenvalue weighted by Gasteiger charge is 2.54. The fraction of sp³-hybridized carbons (Fsp3) is 0.200. The molecule has 0 radical (unpaired) electrons. The Balaban J connectivity index is 2.09. The third-order valence-corrected chi connectivity index (χ3v) is 5.95. The van der Waals surface area contributed by atoms with E-state index in [1.807, 2.05) is 42.5 Å². The molecule has 0 saturated carbocycles. The lowest BCUT2D eigenvalue weighted by Crippen LogP contribution is -2.52. The van der Waals surface area contributed by atoms with Crippen molar-refractivity contribution in [2.45, 2.75) is 19.4 Å². The molecule has 0 aromatic heterocycles. The number of para-hydroxylation sites is 1. The van der Waals surface area contributed by atoms with Crippen LogP contribution in [0.3, 0.4) is 0 Å². The Bertz CT molecular complexity index is 914. The molecule has 0 unspecified atom stereocenters. The maximum absolute atomic E-state index is 13.3. The number of nitrogens with zero attached hydrogens (tertiary/aromatic N) is 1. The van der Waals surface area contributed by atoms with Crippen molar-refractivity contribution < 1.29 is 14.3 Å². The molecule has 1 N–H and O–H groups in total. The Morgan fingerprint density at radius 1 is 1.15 bits per heavy atom. The summed E-state index contributed by atoms with van der Waals surface area (Å²) in [7, 11) is 0. The number of carbonyl (C=O) groups is 2. The molecule has 2 aromatic carbocycles. The van der Waals surface area contributed by atoms with Crippen molar-refractivity contribution in [1.82, 2.24) is 0 Å². The molecule has 0 fully saturated rings. The van der Waals surface area contributed by atoms with Crippen LogP contribution in [-0.4, -0.2) is 24.0 Å². The van der Waals surface area contributed by atoms with E-state index in [9.17, 15) is 9.59 Å². The predicted octanol–water partition coefficient (Wildman–Crippen LogP) is 4.84. The number of hydrogen-bond acceptors (Lipinski definition) is 4. The van der Waals surface area contributed by atoms with Crippen molar-refractivity contribution in [2.24, 2.45) is 0 Å². The molecule has 1 aliphatic heterocycles. The Hall–Kier alpha value is -2.12. The van der Waals surface area contributed by atoms with E-state index in [1.165, 1.54) is 4.90 Å². The van der Waals surface area contributed by atoms with E-state index >= 15 is 0 Å². The number of hydrogen-bond donors (Lipinski definition) is 1. The zero-order chi connectivity index (χ0) is 19.6. The van der Waals surface area contributed by atoms with Crippen LogP contribution in [0.4, 0.5) is 11.4 Å². The number of benzene rings is 2. The molecule has 5 nitrogen and oxygen atoms in total. The standard InChI is InChI=1S/C20H18Br2N2O3/c1-3-27-19(26)20(2)17(22)16(23-14-9-7-8-13(21)12-14)18(25)24(20)15-10-5-4-6-11-15/h4-12,23H,3H2,1-2H3/t20-/m1/s1. The van der Waals surface area contributed by atoms with E-state index < -0.39 is 11.5 Å². The fourth-order valence-corrected chi connectivity index (χ4v) is 3.98. The summed E-state index contributed by atoms with van der Waals surface area (Å²) >= 11 is 6.91. The second kappa shape index (κ2) is 7.86. The maximum atomic E-state index is 13.3. The first-order valence-electron chi connectivity index (χ1n) is 8.39. The normalized spacial score (nSPS) is 19.4. The lowest BCUT2D eigenvalue weighted by atomic mass is 10.0. The smallest absolute Gasteiger partial charge is 0.337 e. The van der Waals surface area contributed by atoms with Crippen LogP contribution >= 0.6 is 31.9 Å². The first-order chi connectivity index (χ1) is 12.9. The van der Waals surface area contributed by atoms with Gasteiger partial charge in [0, 0.05) is 15.8 Å². The highest BCUT2D eigenvalue weighted by Crippen LogP contribution is 2.43. The molecule has 1 amide bonds. The Kier molecular flexibility index (Phi) is 5.72. The summed E-state index contributed by atoms with van der Waals surface area (Å²) in [5, 5.41) is 3.14.